The highest BCUT2D eigenvalue weighted by atomic mass is 19.2. The minimum absolute atomic E-state index is 0.0714. The van der Waals surface area contributed by atoms with Gasteiger partial charge in [0.2, 0.25) is 0 Å². The van der Waals surface area contributed by atoms with Crippen LogP contribution in [0.1, 0.15) is 42.2 Å². The summed E-state index contributed by atoms with van der Waals surface area (Å²) in [5.41, 5.74) is -1.95. The highest BCUT2D eigenvalue weighted by Gasteiger charge is 2.29. The van der Waals surface area contributed by atoms with Crippen LogP contribution in [0.4, 0.5) is 13.2 Å². The Hall–Kier alpha value is -4.48. The van der Waals surface area contributed by atoms with Crippen LogP contribution in [0, 0.1) is 17.5 Å². The molecule has 0 saturated heterocycles. The van der Waals surface area contributed by atoms with Crippen LogP contribution in [-0.4, -0.2) is 36.2 Å². The summed E-state index contributed by atoms with van der Waals surface area (Å²) in [5, 5.41) is 12.5. The van der Waals surface area contributed by atoms with Crippen LogP contribution in [0.2, 0.25) is 0 Å². The highest BCUT2D eigenvalue weighted by Crippen LogP contribution is 2.28. The van der Waals surface area contributed by atoms with Crippen LogP contribution >= 0.6 is 0 Å². The number of pyridine rings is 2. The molecule has 1 aliphatic carbocycles. The number of hydrogen-bond donors (Lipinski definition) is 2. The van der Waals surface area contributed by atoms with Crippen molar-refractivity contribution in [1.82, 2.24) is 24.4 Å². The van der Waals surface area contributed by atoms with Crippen molar-refractivity contribution in [3.05, 3.63) is 92.8 Å². The van der Waals surface area contributed by atoms with Crippen LogP contribution in [0.15, 0.2) is 58.4 Å². The first-order valence-electron chi connectivity index (χ1n) is 11.5. The standard InChI is InChI=1S/C25H20F3N5O4/c26-13-10-17-22(30-12-13)32(16-7-8-18(27)19(28)11-16)25(37)33(24(17)36)15-5-3-14(4-6-15)31-23(35)21-20(34)2-1-9-29-21/h1-2,7-12,14-15,34H,3-6H2,(H,31,35)/t14-,15+. The Balaban J connectivity index is 1.49. The van der Waals surface area contributed by atoms with E-state index in [1.54, 1.807) is 0 Å². The molecule has 0 bridgehead atoms. The molecule has 0 spiro atoms. The summed E-state index contributed by atoms with van der Waals surface area (Å²) in [7, 11) is 0. The van der Waals surface area contributed by atoms with E-state index in [4.69, 9.17) is 0 Å². The molecule has 2 N–H and O–H groups in total. The van der Waals surface area contributed by atoms with Crippen molar-refractivity contribution >= 4 is 16.9 Å². The van der Waals surface area contributed by atoms with Gasteiger partial charge in [0, 0.05) is 24.3 Å². The van der Waals surface area contributed by atoms with Crippen LogP contribution in [0.3, 0.4) is 0 Å². The molecule has 1 fully saturated rings. The van der Waals surface area contributed by atoms with E-state index in [2.05, 4.69) is 15.3 Å². The third-order valence-corrected chi connectivity index (χ3v) is 6.45. The van der Waals surface area contributed by atoms with Gasteiger partial charge in [-0.15, -0.1) is 0 Å². The van der Waals surface area contributed by atoms with E-state index in [1.807, 2.05) is 0 Å². The van der Waals surface area contributed by atoms with Crippen molar-refractivity contribution in [3.63, 3.8) is 0 Å². The molecular weight excluding hydrogens is 491 g/mol. The minimum atomic E-state index is -1.20. The van der Waals surface area contributed by atoms with Gasteiger partial charge < -0.3 is 10.4 Å². The summed E-state index contributed by atoms with van der Waals surface area (Å²) >= 11 is 0. The lowest BCUT2D eigenvalue weighted by atomic mass is 9.90. The molecule has 0 atom stereocenters. The molecule has 0 aliphatic heterocycles. The van der Waals surface area contributed by atoms with Crippen LogP contribution in [0.25, 0.3) is 16.7 Å². The molecule has 9 nitrogen and oxygen atoms in total. The van der Waals surface area contributed by atoms with E-state index in [9.17, 15) is 32.7 Å². The molecule has 12 heteroatoms. The van der Waals surface area contributed by atoms with Gasteiger partial charge in [-0.05, 0) is 56.0 Å². The van der Waals surface area contributed by atoms with Crippen molar-refractivity contribution in [1.29, 1.82) is 0 Å². The molecule has 1 aromatic carbocycles. The number of benzene rings is 1. The van der Waals surface area contributed by atoms with Crippen molar-refractivity contribution in [2.24, 2.45) is 0 Å². The largest absolute Gasteiger partial charge is 0.505 e. The van der Waals surface area contributed by atoms with Crippen molar-refractivity contribution in [3.8, 4) is 11.4 Å². The summed E-state index contributed by atoms with van der Waals surface area (Å²) in [6.45, 7) is 0. The molecule has 37 heavy (non-hydrogen) atoms. The molecular formula is C25H20F3N5O4. The lowest BCUT2D eigenvalue weighted by molar-refractivity contribution is 0.0914. The number of fused-ring (bicyclic) bond motifs is 1. The summed E-state index contributed by atoms with van der Waals surface area (Å²) in [4.78, 5) is 47.1. The summed E-state index contributed by atoms with van der Waals surface area (Å²) < 4.78 is 43.5. The van der Waals surface area contributed by atoms with E-state index in [0.717, 1.165) is 33.5 Å². The molecule has 4 aromatic rings. The Morgan fingerprint density at radius 2 is 1.76 bits per heavy atom. The Morgan fingerprint density at radius 3 is 2.46 bits per heavy atom. The van der Waals surface area contributed by atoms with Crippen LogP contribution in [-0.2, 0) is 0 Å². The molecule has 0 unspecified atom stereocenters. The van der Waals surface area contributed by atoms with E-state index < -0.39 is 40.6 Å². The second-order valence-electron chi connectivity index (χ2n) is 8.77. The molecule has 1 amide bonds. The summed E-state index contributed by atoms with van der Waals surface area (Å²) in [5.74, 6) is -3.92. The maximum atomic E-state index is 14.0. The van der Waals surface area contributed by atoms with Crippen LogP contribution in [0.5, 0.6) is 5.75 Å². The number of nitrogens with zero attached hydrogens (tertiary/aromatic N) is 4. The van der Waals surface area contributed by atoms with E-state index in [0.29, 0.717) is 25.7 Å². The Bertz CT molecular complexity index is 1640. The molecule has 1 aliphatic rings. The van der Waals surface area contributed by atoms with Gasteiger partial charge in [0.05, 0.1) is 17.3 Å². The average Bonchev–Trinajstić information content (AvgIpc) is 2.88. The second-order valence-corrected chi connectivity index (χ2v) is 8.77. The van der Waals surface area contributed by atoms with Gasteiger partial charge in [-0.3, -0.25) is 14.2 Å². The van der Waals surface area contributed by atoms with E-state index in [-0.39, 0.29) is 34.2 Å². The van der Waals surface area contributed by atoms with Gasteiger partial charge in [0.1, 0.15) is 11.6 Å². The molecule has 3 heterocycles. The SMILES string of the molecule is O=C(N[C@H]1CC[C@@H](n2c(=O)c3cc(F)cnc3n(-c3ccc(F)c(F)c3)c2=O)CC1)c1ncccc1O. The first-order valence-corrected chi connectivity index (χ1v) is 11.5. The normalized spacial score (nSPS) is 17.6. The quantitative estimate of drug-likeness (QED) is 0.435. The highest BCUT2D eigenvalue weighted by molar-refractivity contribution is 5.94. The topological polar surface area (TPSA) is 119 Å². The van der Waals surface area contributed by atoms with Gasteiger partial charge in [0.25, 0.3) is 11.5 Å². The summed E-state index contributed by atoms with van der Waals surface area (Å²) in [6.07, 6.45) is 3.66. The third kappa shape index (κ3) is 4.46. The lowest BCUT2D eigenvalue weighted by Gasteiger charge is -2.30. The molecule has 3 aromatic heterocycles. The van der Waals surface area contributed by atoms with E-state index >= 15 is 0 Å². The predicted molar refractivity (Wildman–Crippen MR) is 126 cm³/mol. The van der Waals surface area contributed by atoms with Crippen molar-refractivity contribution in [2.45, 2.75) is 37.8 Å². The molecule has 190 valence electrons. The maximum Gasteiger partial charge on any atom is 0.337 e. The molecule has 5 rings (SSSR count). The number of hydrogen-bond acceptors (Lipinski definition) is 6. The van der Waals surface area contributed by atoms with Crippen molar-refractivity contribution in [2.75, 3.05) is 0 Å². The second kappa shape index (κ2) is 9.52. The van der Waals surface area contributed by atoms with Crippen molar-refractivity contribution < 1.29 is 23.1 Å². The number of rotatable bonds is 4. The third-order valence-electron chi connectivity index (χ3n) is 6.45. The first-order chi connectivity index (χ1) is 17.7. The number of carbonyl (C=O) groups is 1. The van der Waals surface area contributed by atoms with Gasteiger partial charge in [-0.25, -0.2) is 32.5 Å². The molecule has 1 saturated carbocycles. The van der Waals surface area contributed by atoms with Gasteiger partial charge in [-0.1, -0.05) is 0 Å². The number of aromatic hydroxyl groups is 1. The summed E-state index contributed by atoms with van der Waals surface area (Å²) in [6, 6.07) is 5.70. The number of halogens is 3. The fraction of sp³-hybridized carbons (Fsp3) is 0.240. The Kier molecular flexibility index (Phi) is 6.24. The number of amides is 1. The average molecular weight is 511 g/mol. The maximum absolute atomic E-state index is 14.0. The number of aromatic nitrogens is 4. The Morgan fingerprint density at radius 1 is 1.00 bits per heavy atom. The smallest absolute Gasteiger partial charge is 0.337 e. The van der Waals surface area contributed by atoms with E-state index in [1.165, 1.54) is 24.4 Å². The van der Waals surface area contributed by atoms with Gasteiger partial charge in [-0.2, -0.15) is 0 Å². The molecule has 0 radical (unpaired) electrons. The zero-order valence-corrected chi connectivity index (χ0v) is 19.2. The predicted octanol–water partition coefficient (Wildman–Crippen LogP) is 2.98. The zero-order valence-electron chi connectivity index (χ0n) is 19.2. The zero-order chi connectivity index (χ0) is 26.3. The van der Waals surface area contributed by atoms with Gasteiger partial charge >= 0.3 is 5.69 Å². The lowest BCUT2D eigenvalue weighted by Crippen LogP contribution is -2.45. The fourth-order valence-corrected chi connectivity index (χ4v) is 4.67. The van der Waals surface area contributed by atoms with Crippen LogP contribution < -0.4 is 16.6 Å². The van der Waals surface area contributed by atoms with Gasteiger partial charge in [0.15, 0.2) is 23.0 Å². The number of carbonyl (C=O) groups excluding carboxylic acids is 1. The first kappa shape index (κ1) is 24.2. The number of nitrogens with one attached hydrogen (secondary N) is 1. The fourth-order valence-electron chi connectivity index (χ4n) is 4.67. The Labute approximate surface area is 206 Å². The monoisotopic (exact) mass is 511 g/mol. The minimum Gasteiger partial charge on any atom is -0.505 e.